The zero-order chi connectivity index (χ0) is 22.5. The van der Waals surface area contributed by atoms with Gasteiger partial charge in [-0.2, -0.15) is 0 Å². The lowest BCUT2D eigenvalue weighted by atomic mass is 9.87. The lowest BCUT2D eigenvalue weighted by molar-refractivity contribution is -0.344. The van der Waals surface area contributed by atoms with Crippen LogP contribution < -0.4 is 4.90 Å². The van der Waals surface area contributed by atoms with Gasteiger partial charge in [-0.15, -0.1) is 13.2 Å². The number of amides is 2. The third-order valence-electron chi connectivity index (χ3n) is 6.91. The number of ether oxygens (including phenoxy) is 2. The van der Waals surface area contributed by atoms with Gasteiger partial charge in [0.05, 0.1) is 6.10 Å². The Morgan fingerprint density at radius 1 is 1.03 bits per heavy atom. The van der Waals surface area contributed by atoms with Crippen molar-refractivity contribution in [1.82, 2.24) is 9.80 Å². The fraction of sp³-hybridized carbons (Fsp3) is 0.636. The smallest absolute Gasteiger partial charge is 0.370 e. The SMILES string of the molecule is O=C1CO[C@H]2CCN(C(=O)N3CC(c4ccc(N5CC(OC(F)(F)F)C5)cc4)C3)C[C@H]2C1. The fourth-order valence-corrected chi connectivity index (χ4v) is 5.07. The Kier molecular flexibility index (Phi) is 5.53. The van der Waals surface area contributed by atoms with Crippen LogP contribution in [-0.4, -0.2) is 86.1 Å². The van der Waals surface area contributed by atoms with Gasteiger partial charge in [0.25, 0.3) is 0 Å². The second-order valence-electron chi connectivity index (χ2n) is 9.15. The van der Waals surface area contributed by atoms with E-state index in [1.165, 1.54) is 0 Å². The summed E-state index contributed by atoms with van der Waals surface area (Å²) in [5, 5.41) is 0. The highest BCUT2D eigenvalue weighted by Gasteiger charge is 2.41. The Hall–Kier alpha value is -2.33. The topological polar surface area (TPSA) is 62.3 Å². The zero-order valence-corrected chi connectivity index (χ0v) is 17.6. The number of hydrogen-bond acceptors (Lipinski definition) is 5. The molecular formula is C22H26F3N3O4. The van der Waals surface area contributed by atoms with Crippen molar-refractivity contribution >= 4 is 17.5 Å². The molecule has 2 amide bonds. The minimum atomic E-state index is -4.59. The Balaban J connectivity index is 1.09. The Morgan fingerprint density at radius 2 is 1.75 bits per heavy atom. The summed E-state index contributed by atoms with van der Waals surface area (Å²) in [6.07, 6.45) is -4.06. The molecule has 4 fully saturated rings. The minimum Gasteiger partial charge on any atom is -0.370 e. The van der Waals surface area contributed by atoms with E-state index in [2.05, 4.69) is 4.74 Å². The van der Waals surface area contributed by atoms with Crippen LogP contribution in [0.3, 0.4) is 0 Å². The first-order chi connectivity index (χ1) is 15.2. The van der Waals surface area contributed by atoms with E-state index in [1.807, 2.05) is 39.0 Å². The standard InChI is InChI=1S/C22H26F3N3O4/c23-22(24,25)32-19-11-27(12-19)17-3-1-14(2-4-17)16-9-28(10-16)21(30)26-6-5-20-15(8-26)7-18(29)13-31-20/h1-4,15-16,19-20H,5-13H2/t15-,20+/m1/s1. The van der Waals surface area contributed by atoms with E-state index in [9.17, 15) is 22.8 Å². The number of hydrogen-bond donors (Lipinski definition) is 0. The first-order valence-electron chi connectivity index (χ1n) is 11.0. The van der Waals surface area contributed by atoms with Crippen molar-refractivity contribution in [2.24, 2.45) is 5.92 Å². The summed E-state index contributed by atoms with van der Waals surface area (Å²) in [7, 11) is 0. The van der Waals surface area contributed by atoms with Gasteiger partial charge in [-0.3, -0.25) is 9.53 Å². The van der Waals surface area contributed by atoms with Crippen molar-refractivity contribution in [2.45, 2.75) is 37.3 Å². The van der Waals surface area contributed by atoms with Gasteiger partial charge in [-0.1, -0.05) is 12.1 Å². The summed E-state index contributed by atoms with van der Waals surface area (Å²) in [5.41, 5.74) is 1.99. The number of likely N-dealkylation sites (tertiary alicyclic amines) is 2. The molecule has 1 aromatic rings. The van der Waals surface area contributed by atoms with Gasteiger partial charge in [0.2, 0.25) is 0 Å². The summed E-state index contributed by atoms with van der Waals surface area (Å²) in [5.74, 6) is 0.457. The molecule has 4 aliphatic rings. The molecule has 5 rings (SSSR count). The van der Waals surface area contributed by atoms with Crippen LogP contribution in [0.4, 0.5) is 23.7 Å². The predicted molar refractivity (Wildman–Crippen MR) is 108 cm³/mol. The van der Waals surface area contributed by atoms with Crippen LogP contribution in [-0.2, 0) is 14.3 Å². The molecule has 7 nitrogen and oxygen atoms in total. The number of carbonyl (C=O) groups excluding carboxylic acids is 2. The van der Waals surface area contributed by atoms with Crippen molar-refractivity contribution in [2.75, 3.05) is 50.8 Å². The van der Waals surface area contributed by atoms with Crippen LogP contribution in [0.25, 0.3) is 0 Å². The average molecular weight is 453 g/mol. The number of benzene rings is 1. The summed E-state index contributed by atoms with van der Waals surface area (Å²) in [4.78, 5) is 30.0. The summed E-state index contributed by atoms with van der Waals surface area (Å²) in [6, 6.07) is 7.81. The number of alkyl halides is 3. The molecule has 0 bridgehead atoms. The van der Waals surface area contributed by atoms with Crippen molar-refractivity contribution in [3.63, 3.8) is 0 Å². The number of anilines is 1. The zero-order valence-electron chi connectivity index (χ0n) is 17.6. The van der Waals surface area contributed by atoms with Crippen LogP contribution in [0.5, 0.6) is 0 Å². The normalized spacial score (nSPS) is 27.1. The molecule has 1 aromatic carbocycles. The molecule has 2 atom stereocenters. The molecule has 4 heterocycles. The molecule has 0 spiro atoms. The van der Waals surface area contributed by atoms with E-state index in [-0.39, 0.29) is 49.5 Å². The van der Waals surface area contributed by atoms with E-state index in [0.29, 0.717) is 32.6 Å². The van der Waals surface area contributed by atoms with Gasteiger partial charge >= 0.3 is 12.4 Å². The van der Waals surface area contributed by atoms with E-state index in [0.717, 1.165) is 17.7 Å². The fourth-order valence-electron chi connectivity index (χ4n) is 5.07. The molecule has 10 heteroatoms. The molecule has 0 unspecified atom stereocenters. The van der Waals surface area contributed by atoms with Crippen LogP contribution in [0.15, 0.2) is 24.3 Å². The summed E-state index contributed by atoms with van der Waals surface area (Å²) < 4.78 is 46.4. The third-order valence-corrected chi connectivity index (χ3v) is 6.91. The first-order valence-corrected chi connectivity index (χ1v) is 11.0. The maximum absolute atomic E-state index is 12.9. The number of nitrogens with zero attached hydrogens (tertiary/aromatic N) is 3. The molecule has 0 aromatic heterocycles. The van der Waals surface area contributed by atoms with Gasteiger partial charge in [-0.05, 0) is 24.1 Å². The van der Waals surface area contributed by atoms with Crippen LogP contribution >= 0.6 is 0 Å². The minimum absolute atomic E-state index is 0.0191. The van der Waals surface area contributed by atoms with Gasteiger partial charge < -0.3 is 19.4 Å². The van der Waals surface area contributed by atoms with Gasteiger partial charge in [-0.25, -0.2) is 4.79 Å². The molecule has 0 N–H and O–H groups in total. The highest BCUT2D eigenvalue weighted by Crippen LogP contribution is 2.33. The second kappa shape index (κ2) is 8.22. The number of ketones is 1. The summed E-state index contributed by atoms with van der Waals surface area (Å²) >= 11 is 0. The van der Waals surface area contributed by atoms with Crippen LogP contribution in [0, 0.1) is 5.92 Å². The molecule has 4 aliphatic heterocycles. The van der Waals surface area contributed by atoms with E-state index < -0.39 is 12.5 Å². The number of piperidine rings is 1. The average Bonchev–Trinajstić information content (AvgIpc) is 2.68. The lowest BCUT2D eigenvalue weighted by Crippen LogP contribution is -2.58. The maximum atomic E-state index is 12.9. The Bertz CT molecular complexity index is 866. The number of carbonyl (C=O) groups is 2. The second-order valence-corrected chi connectivity index (χ2v) is 9.15. The quantitative estimate of drug-likeness (QED) is 0.704. The molecule has 0 aliphatic carbocycles. The van der Waals surface area contributed by atoms with Crippen LogP contribution in [0.2, 0.25) is 0 Å². The van der Waals surface area contributed by atoms with Crippen LogP contribution in [0.1, 0.15) is 24.3 Å². The molecule has 0 saturated carbocycles. The lowest BCUT2D eigenvalue weighted by Gasteiger charge is -2.46. The third kappa shape index (κ3) is 4.43. The van der Waals surface area contributed by atoms with Crippen molar-refractivity contribution in [1.29, 1.82) is 0 Å². The molecule has 32 heavy (non-hydrogen) atoms. The number of halogens is 3. The maximum Gasteiger partial charge on any atom is 0.522 e. The first kappa shape index (κ1) is 21.5. The number of urea groups is 1. The van der Waals surface area contributed by atoms with Gasteiger partial charge in [0.15, 0.2) is 5.78 Å². The van der Waals surface area contributed by atoms with E-state index >= 15 is 0 Å². The number of rotatable bonds is 3. The van der Waals surface area contributed by atoms with Crippen molar-refractivity contribution < 1.29 is 32.2 Å². The number of Topliss-reactive ketones (excluding diaryl/α,β-unsaturated/α-hetero) is 1. The van der Waals surface area contributed by atoms with Gasteiger partial charge in [0, 0.05) is 63.2 Å². The molecule has 174 valence electrons. The Morgan fingerprint density at radius 3 is 2.44 bits per heavy atom. The molecule has 0 radical (unpaired) electrons. The number of fused-ring (bicyclic) bond motifs is 1. The van der Waals surface area contributed by atoms with Crippen molar-refractivity contribution in [3.8, 4) is 0 Å². The molecule has 4 saturated heterocycles. The summed E-state index contributed by atoms with van der Waals surface area (Å²) in [6.45, 7) is 3.14. The Labute approximate surface area is 184 Å². The monoisotopic (exact) mass is 453 g/mol. The van der Waals surface area contributed by atoms with E-state index in [4.69, 9.17) is 4.74 Å². The predicted octanol–water partition coefficient (Wildman–Crippen LogP) is 2.61. The van der Waals surface area contributed by atoms with E-state index in [1.54, 1.807) is 0 Å². The highest BCUT2D eigenvalue weighted by atomic mass is 19.4. The molecular weight excluding hydrogens is 427 g/mol. The van der Waals surface area contributed by atoms with Gasteiger partial charge in [0.1, 0.15) is 12.7 Å². The van der Waals surface area contributed by atoms with Crippen molar-refractivity contribution in [3.05, 3.63) is 29.8 Å². The largest absolute Gasteiger partial charge is 0.522 e. The highest BCUT2D eigenvalue weighted by molar-refractivity contribution is 5.81.